The average molecular weight is 347 g/mol. The lowest BCUT2D eigenvalue weighted by Crippen LogP contribution is -2.43. The van der Waals surface area contributed by atoms with Crippen molar-refractivity contribution < 1.29 is 19.1 Å². The molecule has 1 aromatic rings. The molecule has 0 bridgehead atoms. The maximum absolute atomic E-state index is 12.8. The van der Waals surface area contributed by atoms with Crippen LogP contribution < -0.4 is 10.6 Å². The Morgan fingerprint density at radius 3 is 2.56 bits per heavy atom. The van der Waals surface area contributed by atoms with Gasteiger partial charge in [0, 0.05) is 13.7 Å². The Hall–Kier alpha value is -2.41. The lowest BCUT2D eigenvalue weighted by Gasteiger charge is -2.22. The van der Waals surface area contributed by atoms with Crippen LogP contribution in [0.1, 0.15) is 31.4 Å². The van der Waals surface area contributed by atoms with E-state index in [0.717, 1.165) is 17.7 Å². The van der Waals surface area contributed by atoms with Gasteiger partial charge in [-0.25, -0.2) is 4.79 Å². The fourth-order valence-corrected chi connectivity index (χ4v) is 2.82. The fraction of sp³-hybridized carbons (Fsp3) is 0.500. The van der Waals surface area contributed by atoms with Gasteiger partial charge in [0.05, 0.1) is 6.61 Å². The zero-order chi connectivity index (χ0) is 18.4. The van der Waals surface area contributed by atoms with E-state index in [2.05, 4.69) is 17.6 Å². The normalized spacial score (nSPS) is 19.9. The lowest BCUT2D eigenvalue weighted by molar-refractivity contribution is -0.134. The molecule has 1 aliphatic heterocycles. The van der Waals surface area contributed by atoms with Crippen LogP contribution >= 0.6 is 0 Å². The third kappa shape index (κ3) is 4.17. The number of ether oxygens (including phenoxy) is 1. The second kappa shape index (κ2) is 8.11. The van der Waals surface area contributed by atoms with E-state index in [1.165, 1.54) is 12.7 Å². The predicted octanol–water partition coefficient (Wildman–Crippen LogP) is 1.17. The van der Waals surface area contributed by atoms with Crippen molar-refractivity contribution in [1.29, 1.82) is 0 Å². The van der Waals surface area contributed by atoms with Gasteiger partial charge in [0.2, 0.25) is 5.91 Å². The Bertz CT molecular complexity index is 644. The molecule has 7 nitrogen and oxygen atoms in total. The summed E-state index contributed by atoms with van der Waals surface area (Å²) in [5.41, 5.74) is 0.725. The van der Waals surface area contributed by atoms with Crippen molar-refractivity contribution in [2.75, 3.05) is 26.8 Å². The minimum atomic E-state index is -1.16. The highest BCUT2D eigenvalue weighted by atomic mass is 16.5. The van der Waals surface area contributed by atoms with E-state index >= 15 is 0 Å². The maximum Gasteiger partial charge on any atom is 0.325 e. The van der Waals surface area contributed by atoms with E-state index in [1.54, 1.807) is 6.92 Å². The molecule has 0 saturated carbocycles. The molecule has 1 atom stereocenters. The fourth-order valence-electron chi connectivity index (χ4n) is 2.82. The van der Waals surface area contributed by atoms with Gasteiger partial charge in [-0.05, 0) is 24.5 Å². The van der Waals surface area contributed by atoms with E-state index in [4.69, 9.17) is 4.74 Å². The van der Waals surface area contributed by atoms with E-state index in [-0.39, 0.29) is 6.54 Å². The monoisotopic (exact) mass is 347 g/mol. The molecule has 0 aliphatic carbocycles. The van der Waals surface area contributed by atoms with Crippen LogP contribution in [-0.4, -0.2) is 49.6 Å². The standard InChI is InChI=1S/C18H25N3O4/c1-4-5-13-6-8-14(9-7-13)18(2)16(23)21(17(24)20-18)12-15(22)19-10-11-25-3/h6-9H,4-5,10-12H2,1-3H3,(H,19,22)(H,20,24)/t18-/m0/s1. The predicted molar refractivity (Wildman–Crippen MR) is 92.9 cm³/mol. The van der Waals surface area contributed by atoms with Crippen LogP contribution in [0, 0.1) is 0 Å². The number of benzene rings is 1. The molecule has 0 spiro atoms. The largest absolute Gasteiger partial charge is 0.383 e. The van der Waals surface area contributed by atoms with Gasteiger partial charge in [-0.3, -0.25) is 14.5 Å². The highest BCUT2D eigenvalue weighted by molar-refractivity contribution is 6.09. The zero-order valence-electron chi connectivity index (χ0n) is 14.9. The summed E-state index contributed by atoms with van der Waals surface area (Å²) in [7, 11) is 1.53. The number of imide groups is 1. The number of hydrogen-bond acceptors (Lipinski definition) is 4. The minimum absolute atomic E-state index is 0.308. The molecule has 25 heavy (non-hydrogen) atoms. The van der Waals surface area contributed by atoms with Crippen LogP contribution in [0.5, 0.6) is 0 Å². The van der Waals surface area contributed by atoms with Crippen molar-refractivity contribution in [3.8, 4) is 0 Å². The summed E-state index contributed by atoms with van der Waals surface area (Å²) in [6, 6.07) is 7.07. The SMILES string of the molecule is CCCc1ccc([C@]2(C)NC(=O)N(CC(=O)NCCOC)C2=O)cc1. The number of urea groups is 1. The quantitative estimate of drug-likeness (QED) is 0.546. The number of aryl methyl sites for hydroxylation is 1. The van der Waals surface area contributed by atoms with Gasteiger partial charge in [0.25, 0.3) is 5.91 Å². The number of nitrogens with one attached hydrogen (secondary N) is 2. The Labute approximate surface area is 147 Å². The van der Waals surface area contributed by atoms with Crippen molar-refractivity contribution in [3.63, 3.8) is 0 Å². The first-order valence-electron chi connectivity index (χ1n) is 8.41. The summed E-state index contributed by atoms with van der Waals surface area (Å²) in [6.45, 7) is 4.15. The van der Waals surface area contributed by atoms with E-state index in [1.807, 2.05) is 24.3 Å². The summed E-state index contributed by atoms with van der Waals surface area (Å²) in [5, 5.41) is 5.31. The average Bonchev–Trinajstić information content (AvgIpc) is 2.80. The Kier molecular flexibility index (Phi) is 6.14. The number of methoxy groups -OCH3 is 1. The van der Waals surface area contributed by atoms with Crippen LogP contribution in [0.4, 0.5) is 4.79 Å². The summed E-state index contributed by atoms with van der Waals surface area (Å²) in [5.74, 6) is -0.828. The molecule has 1 saturated heterocycles. The number of hydrogen-bond donors (Lipinski definition) is 2. The molecule has 0 radical (unpaired) electrons. The Morgan fingerprint density at radius 2 is 1.96 bits per heavy atom. The second-order valence-electron chi connectivity index (χ2n) is 6.24. The highest BCUT2D eigenvalue weighted by Crippen LogP contribution is 2.29. The van der Waals surface area contributed by atoms with Gasteiger partial charge < -0.3 is 15.4 Å². The van der Waals surface area contributed by atoms with Crippen LogP contribution in [0.2, 0.25) is 0 Å². The van der Waals surface area contributed by atoms with Gasteiger partial charge in [-0.15, -0.1) is 0 Å². The van der Waals surface area contributed by atoms with Crippen LogP contribution in [0.25, 0.3) is 0 Å². The van der Waals surface area contributed by atoms with E-state index in [9.17, 15) is 14.4 Å². The molecule has 1 aliphatic rings. The van der Waals surface area contributed by atoms with Crippen LogP contribution in [-0.2, 0) is 26.3 Å². The van der Waals surface area contributed by atoms with Gasteiger partial charge in [-0.1, -0.05) is 37.6 Å². The molecular formula is C18H25N3O4. The zero-order valence-corrected chi connectivity index (χ0v) is 14.9. The molecule has 2 N–H and O–H groups in total. The number of rotatable bonds is 8. The number of nitrogens with zero attached hydrogens (tertiary/aromatic N) is 1. The molecule has 1 aromatic carbocycles. The molecule has 0 aromatic heterocycles. The van der Waals surface area contributed by atoms with Crippen molar-refractivity contribution in [1.82, 2.24) is 15.5 Å². The summed E-state index contributed by atoms with van der Waals surface area (Å²) < 4.78 is 4.85. The molecule has 2 rings (SSSR count). The highest BCUT2D eigenvalue weighted by Gasteiger charge is 2.49. The molecule has 4 amide bonds. The Balaban J connectivity index is 2.09. The summed E-state index contributed by atoms with van der Waals surface area (Å²) in [6.07, 6.45) is 2.00. The molecule has 136 valence electrons. The third-order valence-electron chi connectivity index (χ3n) is 4.28. The minimum Gasteiger partial charge on any atom is -0.383 e. The first kappa shape index (κ1) is 18.9. The first-order valence-corrected chi connectivity index (χ1v) is 8.41. The van der Waals surface area contributed by atoms with E-state index in [0.29, 0.717) is 18.7 Å². The van der Waals surface area contributed by atoms with Crippen molar-refractivity contribution in [2.45, 2.75) is 32.2 Å². The molecule has 0 unspecified atom stereocenters. The van der Waals surface area contributed by atoms with Crippen molar-refractivity contribution >= 4 is 17.8 Å². The number of amides is 4. The van der Waals surface area contributed by atoms with E-state index < -0.39 is 23.4 Å². The topological polar surface area (TPSA) is 87.7 Å². The molecule has 1 fully saturated rings. The summed E-state index contributed by atoms with van der Waals surface area (Å²) >= 11 is 0. The van der Waals surface area contributed by atoms with Crippen LogP contribution in [0.3, 0.4) is 0 Å². The molecule has 7 heteroatoms. The number of carbonyl (C=O) groups excluding carboxylic acids is 3. The van der Waals surface area contributed by atoms with Crippen molar-refractivity contribution in [3.05, 3.63) is 35.4 Å². The van der Waals surface area contributed by atoms with Gasteiger partial charge >= 0.3 is 6.03 Å². The third-order valence-corrected chi connectivity index (χ3v) is 4.28. The smallest absolute Gasteiger partial charge is 0.325 e. The summed E-state index contributed by atoms with van der Waals surface area (Å²) in [4.78, 5) is 37.8. The molecular weight excluding hydrogens is 322 g/mol. The Morgan fingerprint density at radius 1 is 1.28 bits per heavy atom. The van der Waals surface area contributed by atoms with Gasteiger partial charge in [0.1, 0.15) is 12.1 Å². The maximum atomic E-state index is 12.8. The van der Waals surface area contributed by atoms with Gasteiger partial charge in [0.15, 0.2) is 0 Å². The van der Waals surface area contributed by atoms with Crippen molar-refractivity contribution in [2.24, 2.45) is 0 Å². The van der Waals surface area contributed by atoms with Crippen LogP contribution in [0.15, 0.2) is 24.3 Å². The lowest BCUT2D eigenvalue weighted by atomic mass is 9.91. The second-order valence-corrected chi connectivity index (χ2v) is 6.24. The van der Waals surface area contributed by atoms with Gasteiger partial charge in [-0.2, -0.15) is 0 Å². The first-order chi connectivity index (χ1) is 11.9. The molecule has 1 heterocycles. The number of carbonyl (C=O) groups is 3.